The van der Waals surface area contributed by atoms with Crippen molar-refractivity contribution in [2.24, 2.45) is 5.84 Å². The number of rotatable bonds is 5. The standard InChI is InChI=1S/C16H27N3O/c1-4-13-6-5-7-14(12-13)15(18-17)16(2,3)19-8-10-20-11-9-19/h5-7,12,15,18H,4,8-11,17H2,1-3H3. The number of aryl methyl sites for hydroxylation is 1. The lowest BCUT2D eigenvalue weighted by molar-refractivity contribution is -0.0238. The van der Waals surface area contributed by atoms with Gasteiger partial charge >= 0.3 is 0 Å². The lowest BCUT2D eigenvalue weighted by Gasteiger charge is -2.45. The number of ether oxygens (including phenoxy) is 1. The smallest absolute Gasteiger partial charge is 0.0638 e. The Morgan fingerprint density at radius 3 is 2.65 bits per heavy atom. The largest absolute Gasteiger partial charge is 0.379 e. The van der Waals surface area contributed by atoms with Crippen LogP contribution in [0.3, 0.4) is 0 Å². The Bertz CT molecular complexity index is 427. The Kier molecular flexibility index (Phi) is 5.16. The fourth-order valence-corrected chi connectivity index (χ4v) is 3.02. The van der Waals surface area contributed by atoms with Gasteiger partial charge in [-0.1, -0.05) is 31.2 Å². The number of benzene rings is 1. The molecule has 1 aliphatic rings. The van der Waals surface area contributed by atoms with Crippen molar-refractivity contribution >= 4 is 0 Å². The average Bonchev–Trinajstić information content (AvgIpc) is 2.49. The number of hydrogen-bond acceptors (Lipinski definition) is 4. The fraction of sp³-hybridized carbons (Fsp3) is 0.625. The van der Waals surface area contributed by atoms with E-state index < -0.39 is 0 Å². The van der Waals surface area contributed by atoms with Crippen LogP contribution in [-0.4, -0.2) is 36.7 Å². The summed E-state index contributed by atoms with van der Waals surface area (Å²) >= 11 is 0. The van der Waals surface area contributed by atoms with Crippen LogP contribution in [0, 0.1) is 0 Å². The SMILES string of the molecule is CCc1cccc(C(NN)C(C)(C)N2CCOCC2)c1. The molecule has 4 heteroatoms. The van der Waals surface area contributed by atoms with Crippen LogP contribution in [0.15, 0.2) is 24.3 Å². The van der Waals surface area contributed by atoms with Gasteiger partial charge in [0, 0.05) is 18.6 Å². The maximum Gasteiger partial charge on any atom is 0.0638 e. The van der Waals surface area contributed by atoms with E-state index in [1.165, 1.54) is 11.1 Å². The molecule has 0 radical (unpaired) electrons. The van der Waals surface area contributed by atoms with E-state index in [2.05, 4.69) is 55.4 Å². The van der Waals surface area contributed by atoms with Gasteiger partial charge in [-0.05, 0) is 31.4 Å². The van der Waals surface area contributed by atoms with Gasteiger partial charge in [-0.2, -0.15) is 0 Å². The molecule has 1 atom stereocenters. The molecular weight excluding hydrogens is 250 g/mol. The third-order valence-electron chi connectivity index (χ3n) is 4.39. The number of nitrogens with one attached hydrogen (secondary N) is 1. The minimum atomic E-state index is -0.0507. The summed E-state index contributed by atoms with van der Waals surface area (Å²) in [5.74, 6) is 5.88. The van der Waals surface area contributed by atoms with Gasteiger partial charge in [0.2, 0.25) is 0 Å². The molecule has 0 saturated carbocycles. The van der Waals surface area contributed by atoms with Gasteiger partial charge in [-0.25, -0.2) is 0 Å². The van der Waals surface area contributed by atoms with Crippen molar-refractivity contribution in [2.75, 3.05) is 26.3 Å². The van der Waals surface area contributed by atoms with Crippen molar-refractivity contribution in [2.45, 2.75) is 38.8 Å². The van der Waals surface area contributed by atoms with Crippen LogP contribution in [0.4, 0.5) is 0 Å². The van der Waals surface area contributed by atoms with E-state index in [4.69, 9.17) is 10.6 Å². The second kappa shape index (κ2) is 6.68. The number of nitrogens with two attached hydrogens (primary N) is 1. The summed E-state index contributed by atoms with van der Waals surface area (Å²) in [7, 11) is 0. The topological polar surface area (TPSA) is 50.5 Å². The zero-order valence-electron chi connectivity index (χ0n) is 12.9. The monoisotopic (exact) mass is 277 g/mol. The van der Waals surface area contributed by atoms with Crippen molar-refractivity contribution in [3.05, 3.63) is 35.4 Å². The fourth-order valence-electron chi connectivity index (χ4n) is 3.02. The number of morpholine rings is 1. The first-order chi connectivity index (χ1) is 9.59. The van der Waals surface area contributed by atoms with E-state index in [0.29, 0.717) is 0 Å². The lowest BCUT2D eigenvalue weighted by atomic mass is 9.86. The number of hydrazine groups is 1. The van der Waals surface area contributed by atoms with Gasteiger partial charge < -0.3 is 4.74 Å². The van der Waals surface area contributed by atoms with E-state index in [-0.39, 0.29) is 11.6 Å². The summed E-state index contributed by atoms with van der Waals surface area (Å²) < 4.78 is 5.46. The summed E-state index contributed by atoms with van der Waals surface area (Å²) in [4.78, 5) is 2.46. The van der Waals surface area contributed by atoms with Crippen LogP contribution in [0.1, 0.15) is 37.9 Å². The molecule has 1 heterocycles. The summed E-state index contributed by atoms with van der Waals surface area (Å²) in [5.41, 5.74) is 5.57. The molecule has 0 bridgehead atoms. The van der Waals surface area contributed by atoms with E-state index in [1.54, 1.807) is 0 Å². The first kappa shape index (κ1) is 15.4. The van der Waals surface area contributed by atoms with Gasteiger partial charge in [0.25, 0.3) is 0 Å². The van der Waals surface area contributed by atoms with Gasteiger partial charge in [-0.3, -0.25) is 16.2 Å². The Labute approximate surface area is 122 Å². The molecule has 4 nitrogen and oxygen atoms in total. The third kappa shape index (κ3) is 3.20. The molecule has 1 saturated heterocycles. The van der Waals surface area contributed by atoms with Crippen LogP contribution >= 0.6 is 0 Å². The van der Waals surface area contributed by atoms with Gasteiger partial charge in [0.05, 0.1) is 19.3 Å². The predicted molar refractivity (Wildman–Crippen MR) is 82.4 cm³/mol. The Morgan fingerprint density at radius 1 is 1.35 bits per heavy atom. The summed E-state index contributed by atoms with van der Waals surface area (Å²) in [5, 5.41) is 0. The van der Waals surface area contributed by atoms with Crippen LogP contribution in [0.2, 0.25) is 0 Å². The van der Waals surface area contributed by atoms with Crippen molar-refractivity contribution in [1.82, 2.24) is 10.3 Å². The highest BCUT2D eigenvalue weighted by Crippen LogP contribution is 2.31. The first-order valence-electron chi connectivity index (χ1n) is 7.47. The molecular formula is C16H27N3O. The highest BCUT2D eigenvalue weighted by atomic mass is 16.5. The van der Waals surface area contributed by atoms with Gasteiger partial charge in [0.15, 0.2) is 0 Å². The molecule has 1 aliphatic heterocycles. The quantitative estimate of drug-likeness (QED) is 0.637. The van der Waals surface area contributed by atoms with Crippen molar-refractivity contribution in [1.29, 1.82) is 0 Å². The summed E-state index contributed by atoms with van der Waals surface area (Å²) in [6, 6.07) is 8.80. The normalized spacial score (nSPS) is 19.0. The average molecular weight is 277 g/mol. The highest BCUT2D eigenvalue weighted by molar-refractivity contribution is 5.28. The molecule has 1 unspecified atom stereocenters. The molecule has 3 N–H and O–H groups in total. The first-order valence-corrected chi connectivity index (χ1v) is 7.47. The van der Waals surface area contributed by atoms with E-state index >= 15 is 0 Å². The van der Waals surface area contributed by atoms with Gasteiger partial charge in [0.1, 0.15) is 0 Å². The highest BCUT2D eigenvalue weighted by Gasteiger charge is 2.36. The second-order valence-corrected chi connectivity index (χ2v) is 5.95. The second-order valence-electron chi connectivity index (χ2n) is 5.95. The molecule has 1 aromatic rings. The zero-order chi connectivity index (χ0) is 14.6. The molecule has 112 valence electrons. The van der Waals surface area contributed by atoms with Crippen LogP contribution in [0.25, 0.3) is 0 Å². The molecule has 0 spiro atoms. The van der Waals surface area contributed by atoms with Crippen molar-refractivity contribution < 1.29 is 4.74 Å². The summed E-state index contributed by atoms with van der Waals surface area (Å²) in [6.07, 6.45) is 1.04. The molecule has 20 heavy (non-hydrogen) atoms. The lowest BCUT2D eigenvalue weighted by Crippen LogP contribution is -2.57. The maximum atomic E-state index is 5.88. The van der Waals surface area contributed by atoms with E-state index in [9.17, 15) is 0 Å². The van der Waals surface area contributed by atoms with E-state index in [0.717, 1.165) is 32.7 Å². The zero-order valence-corrected chi connectivity index (χ0v) is 12.9. The Hall–Kier alpha value is -0.940. The van der Waals surface area contributed by atoms with Crippen LogP contribution < -0.4 is 11.3 Å². The Balaban J connectivity index is 2.24. The van der Waals surface area contributed by atoms with Crippen molar-refractivity contribution in [3.8, 4) is 0 Å². The maximum absolute atomic E-state index is 5.88. The predicted octanol–water partition coefficient (Wildman–Crippen LogP) is 1.86. The minimum absolute atomic E-state index is 0.0507. The molecule has 0 aliphatic carbocycles. The molecule has 0 aromatic heterocycles. The minimum Gasteiger partial charge on any atom is -0.379 e. The van der Waals surface area contributed by atoms with E-state index in [1.807, 2.05) is 0 Å². The summed E-state index contributed by atoms with van der Waals surface area (Å²) in [6.45, 7) is 10.2. The molecule has 2 rings (SSSR count). The molecule has 1 fully saturated rings. The van der Waals surface area contributed by atoms with Crippen molar-refractivity contribution in [3.63, 3.8) is 0 Å². The van der Waals surface area contributed by atoms with Crippen LogP contribution in [0.5, 0.6) is 0 Å². The van der Waals surface area contributed by atoms with Crippen LogP contribution in [-0.2, 0) is 11.2 Å². The molecule has 1 aromatic carbocycles. The Morgan fingerprint density at radius 2 is 2.05 bits per heavy atom. The molecule has 0 amide bonds. The third-order valence-corrected chi connectivity index (χ3v) is 4.39. The van der Waals surface area contributed by atoms with Gasteiger partial charge in [-0.15, -0.1) is 0 Å². The number of nitrogens with zero attached hydrogens (tertiary/aromatic N) is 1. The number of hydrogen-bond donors (Lipinski definition) is 2.